The minimum atomic E-state index is 0.187. The maximum absolute atomic E-state index is 5.40. The average molecular weight is 327 g/mol. The molecule has 1 aromatic carbocycles. The number of benzene rings is 1. The number of halogens is 1. The fraction of sp³-hybridized carbons (Fsp3) is 0.600. The van der Waals surface area contributed by atoms with Gasteiger partial charge in [0.05, 0.1) is 11.6 Å². The van der Waals surface area contributed by atoms with E-state index in [2.05, 4.69) is 65.1 Å². The Labute approximate surface area is 124 Å². The first kappa shape index (κ1) is 14.7. The Kier molecular flexibility index (Phi) is 4.41. The number of nitrogens with zero attached hydrogens (tertiary/aromatic N) is 1. The topological polar surface area (TPSA) is 24.5 Å². The van der Waals surface area contributed by atoms with Crippen LogP contribution in [0.25, 0.3) is 0 Å². The van der Waals surface area contributed by atoms with Gasteiger partial charge in [-0.1, -0.05) is 6.92 Å². The lowest BCUT2D eigenvalue weighted by molar-refractivity contribution is 0.285. The van der Waals surface area contributed by atoms with Gasteiger partial charge in [-0.05, 0) is 48.3 Å². The second kappa shape index (κ2) is 5.71. The van der Waals surface area contributed by atoms with E-state index < -0.39 is 0 Å². The summed E-state index contributed by atoms with van der Waals surface area (Å²) in [6, 6.07) is 6.82. The van der Waals surface area contributed by atoms with Crippen molar-refractivity contribution in [2.75, 3.05) is 25.1 Å². The van der Waals surface area contributed by atoms with Gasteiger partial charge in [0.1, 0.15) is 5.75 Å². The van der Waals surface area contributed by atoms with E-state index in [0.717, 1.165) is 29.7 Å². The molecule has 4 heteroatoms. The molecule has 19 heavy (non-hydrogen) atoms. The van der Waals surface area contributed by atoms with E-state index in [1.54, 1.807) is 7.11 Å². The second-order valence-corrected chi connectivity index (χ2v) is 6.45. The Balaban J connectivity index is 2.28. The summed E-state index contributed by atoms with van der Waals surface area (Å²) in [7, 11) is 1.71. The highest BCUT2D eigenvalue weighted by Crippen LogP contribution is 2.32. The molecule has 0 saturated carbocycles. The molecule has 3 nitrogen and oxygen atoms in total. The van der Waals surface area contributed by atoms with Gasteiger partial charge in [0.25, 0.3) is 0 Å². The van der Waals surface area contributed by atoms with Gasteiger partial charge in [-0.2, -0.15) is 0 Å². The minimum absolute atomic E-state index is 0.187. The van der Waals surface area contributed by atoms with E-state index >= 15 is 0 Å². The third-order valence-corrected chi connectivity index (χ3v) is 4.78. The molecule has 0 bridgehead atoms. The molecule has 0 aliphatic carbocycles. The Morgan fingerprint density at radius 2 is 2.26 bits per heavy atom. The summed E-state index contributed by atoms with van der Waals surface area (Å²) in [5.41, 5.74) is 1.42. The highest BCUT2D eigenvalue weighted by molar-refractivity contribution is 9.10. The molecule has 2 rings (SSSR count). The van der Waals surface area contributed by atoms with E-state index in [1.807, 2.05) is 0 Å². The molecular weight excluding hydrogens is 304 g/mol. The summed E-state index contributed by atoms with van der Waals surface area (Å²) in [6.07, 6.45) is 1.13. The number of anilines is 1. The summed E-state index contributed by atoms with van der Waals surface area (Å²) in [6.45, 7) is 8.83. The van der Waals surface area contributed by atoms with E-state index in [9.17, 15) is 0 Å². The highest BCUT2D eigenvalue weighted by Gasteiger charge is 2.32. The molecule has 0 aromatic heterocycles. The predicted molar refractivity (Wildman–Crippen MR) is 84.2 cm³/mol. The zero-order chi connectivity index (χ0) is 14.0. The number of nitrogens with one attached hydrogen (secondary N) is 1. The van der Waals surface area contributed by atoms with E-state index in [-0.39, 0.29) is 5.54 Å². The fourth-order valence-corrected chi connectivity index (χ4v) is 2.91. The third-order valence-electron chi connectivity index (χ3n) is 4.12. The lowest BCUT2D eigenvalue weighted by atomic mass is 9.93. The Bertz CT molecular complexity index is 452. The molecule has 1 aliphatic rings. The van der Waals surface area contributed by atoms with Crippen LogP contribution >= 0.6 is 15.9 Å². The number of ether oxygens (including phenoxy) is 1. The number of hydrogen-bond acceptors (Lipinski definition) is 3. The van der Waals surface area contributed by atoms with Crippen LogP contribution in [0.4, 0.5) is 5.69 Å². The van der Waals surface area contributed by atoms with Crippen molar-refractivity contribution in [2.24, 2.45) is 0 Å². The molecule has 1 fully saturated rings. The van der Waals surface area contributed by atoms with Gasteiger partial charge in [-0.3, -0.25) is 0 Å². The van der Waals surface area contributed by atoms with Crippen LogP contribution in [-0.4, -0.2) is 31.8 Å². The van der Waals surface area contributed by atoms with E-state index in [4.69, 9.17) is 4.74 Å². The maximum Gasteiger partial charge on any atom is 0.135 e. The molecule has 2 unspecified atom stereocenters. The lowest BCUT2D eigenvalue weighted by Gasteiger charge is -2.46. The van der Waals surface area contributed by atoms with Gasteiger partial charge in [-0.15, -0.1) is 0 Å². The summed E-state index contributed by atoms with van der Waals surface area (Å²) < 4.78 is 6.40. The normalized spacial score (nSPS) is 27.4. The molecule has 106 valence electrons. The van der Waals surface area contributed by atoms with Crippen molar-refractivity contribution in [3.63, 3.8) is 0 Å². The van der Waals surface area contributed by atoms with Gasteiger partial charge in [0.2, 0.25) is 0 Å². The zero-order valence-electron chi connectivity index (χ0n) is 12.2. The van der Waals surface area contributed by atoms with Crippen molar-refractivity contribution in [1.29, 1.82) is 0 Å². The monoisotopic (exact) mass is 326 g/mol. The fourth-order valence-electron chi connectivity index (χ4n) is 2.50. The first-order chi connectivity index (χ1) is 8.99. The van der Waals surface area contributed by atoms with Gasteiger partial charge in [0, 0.05) is 36.4 Å². The first-order valence-electron chi connectivity index (χ1n) is 6.84. The van der Waals surface area contributed by atoms with Crippen LogP contribution in [0.1, 0.15) is 27.2 Å². The molecule has 1 N–H and O–H groups in total. The summed E-state index contributed by atoms with van der Waals surface area (Å²) in [4.78, 5) is 2.47. The Morgan fingerprint density at radius 3 is 2.89 bits per heavy atom. The molecule has 1 heterocycles. The second-order valence-electron chi connectivity index (χ2n) is 5.59. The molecule has 1 saturated heterocycles. The number of rotatable bonds is 3. The lowest BCUT2D eigenvalue weighted by Crippen LogP contribution is -2.62. The number of piperazine rings is 1. The minimum Gasteiger partial charge on any atom is -0.495 e. The zero-order valence-corrected chi connectivity index (χ0v) is 13.8. The maximum atomic E-state index is 5.40. The van der Waals surface area contributed by atoms with Crippen molar-refractivity contribution in [2.45, 2.75) is 38.8 Å². The van der Waals surface area contributed by atoms with Crippen LogP contribution in [0.2, 0.25) is 0 Å². The van der Waals surface area contributed by atoms with Crippen LogP contribution in [0.3, 0.4) is 0 Å². The largest absolute Gasteiger partial charge is 0.495 e. The summed E-state index contributed by atoms with van der Waals surface area (Å²) in [5, 5.41) is 3.65. The van der Waals surface area contributed by atoms with Crippen molar-refractivity contribution in [3.05, 3.63) is 22.7 Å². The summed E-state index contributed by atoms with van der Waals surface area (Å²) >= 11 is 3.51. The molecule has 1 aromatic rings. The SMILES string of the molecule is CCC1(C)CN(c2ccc(Br)c(OC)c2)C(C)CN1. The molecule has 0 spiro atoms. The predicted octanol–water partition coefficient (Wildman–Crippen LogP) is 3.42. The van der Waals surface area contributed by atoms with Crippen molar-refractivity contribution < 1.29 is 4.74 Å². The average Bonchev–Trinajstić information content (AvgIpc) is 2.42. The molecule has 2 atom stereocenters. The summed E-state index contributed by atoms with van der Waals surface area (Å²) in [5.74, 6) is 0.890. The van der Waals surface area contributed by atoms with Crippen LogP contribution in [0.5, 0.6) is 5.75 Å². The third kappa shape index (κ3) is 3.06. The van der Waals surface area contributed by atoms with Crippen LogP contribution in [0, 0.1) is 0 Å². The van der Waals surface area contributed by atoms with Crippen molar-refractivity contribution in [3.8, 4) is 5.75 Å². The molecular formula is C15H23BrN2O. The van der Waals surface area contributed by atoms with E-state index in [0.29, 0.717) is 6.04 Å². The molecule has 1 aliphatic heterocycles. The van der Waals surface area contributed by atoms with Crippen LogP contribution in [0.15, 0.2) is 22.7 Å². The van der Waals surface area contributed by atoms with Gasteiger partial charge in [0.15, 0.2) is 0 Å². The van der Waals surface area contributed by atoms with Crippen LogP contribution in [-0.2, 0) is 0 Å². The Morgan fingerprint density at radius 1 is 1.53 bits per heavy atom. The highest BCUT2D eigenvalue weighted by atomic mass is 79.9. The van der Waals surface area contributed by atoms with E-state index in [1.165, 1.54) is 5.69 Å². The van der Waals surface area contributed by atoms with Crippen molar-refractivity contribution in [1.82, 2.24) is 5.32 Å². The number of hydrogen-bond donors (Lipinski definition) is 1. The molecule has 0 amide bonds. The van der Waals surface area contributed by atoms with Gasteiger partial charge < -0.3 is 15.0 Å². The first-order valence-corrected chi connectivity index (χ1v) is 7.63. The number of methoxy groups -OCH3 is 1. The molecule has 0 radical (unpaired) electrons. The van der Waals surface area contributed by atoms with Gasteiger partial charge in [-0.25, -0.2) is 0 Å². The smallest absolute Gasteiger partial charge is 0.135 e. The quantitative estimate of drug-likeness (QED) is 0.921. The standard InChI is InChI=1S/C15H23BrN2O/c1-5-15(3)10-18(11(2)9-17-15)12-6-7-13(16)14(8-12)19-4/h6-8,11,17H,5,9-10H2,1-4H3. The Hall–Kier alpha value is -0.740. The van der Waals surface area contributed by atoms with Crippen LogP contribution < -0.4 is 15.0 Å². The van der Waals surface area contributed by atoms with Crippen molar-refractivity contribution >= 4 is 21.6 Å². The van der Waals surface area contributed by atoms with Gasteiger partial charge >= 0.3 is 0 Å².